The molecule has 0 spiro atoms. The van der Waals surface area contributed by atoms with Crippen molar-refractivity contribution in [3.63, 3.8) is 0 Å². The molecule has 194 valence electrons. The maximum absolute atomic E-state index is 13.3. The number of allylic oxidation sites excluding steroid dienone is 1. The van der Waals surface area contributed by atoms with Crippen molar-refractivity contribution in [1.29, 1.82) is 0 Å². The number of urea groups is 1. The zero-order chi connectivity index (χ0) is 27.4. The van der Waals surface area contributed by atoms with Gasteiger partial charge < -0.3 is 9.47 Å². The molecule has 1 fully saturated rings. The molecule has 7 nitrogen and oxygen atoms in total. The highest BCUT2D eigenvalue weighted by molar-refractivity contribution is 6.42. The Labute approximate surface area is 230 Å². The molecule has 1 aliphatic rings. The van der Waals surface area contributed by atoms with Crippen LogP contribution in [0.1, 0.15) is 22.3 Å². The number of methoxy groups -OCH3 is 1. The van der Waals surface area contributed by atoms with Crippen molar-refractivity contribution in [2.45, 2.75) is 20.0 Å². The average molecular weight is 551 g/mol. The molecule has 9 heteroatoms. The zero-order valence-electron chi connectivity index (χ0n) is 20.7. The number of nitrogens with one attached hydrogen (secondary N) is 1. The van der Waals surface area contributed by atoms with Crippen LogP contribution in [0.2, 0.25) is 10.0 Å². The molecule has 3 aromatic carbocycles. The number of anilines is 1. The zero-order valence-corrected chi connectivity index (χ0v) is 22.2. The lowest BCUT2D eigenvalue weighted by Crippen LogP contribution is -2.54. The molecule has 1 aliphatic heterocycles. The van der Waals surface area contributed by atoms with Crippen LogP contribution in [0.3, 0.4) is 0 Å². The minimum atomic E-state index is -0.803. The lowest BCUT2D eigenvalue weighted by molar-refractivity contribution is -0.122. The Morgan fingerprint density at radius 1 is 1.03 bits per heavy atom. The lowest BCUT2D eigenvalue weighted by atomic mass is 10.0. The Morgan fingerprint density at radius 3 is 2.47 bits per heavy atom. The topological polar surface area (TPSA) is 84.9 Å². The fourth-order valence-corrected chi connectivity index (χ4v) is 4.35. The molecule has 1 heterocycles. The molecule has 0 aromatic heterocycles. The number of nitrogens with zero attached hydrogens (tertiary/aromatic N) is 1. The first-order chi connectivity index (χ1) is 18.2. The van der Waals surface area contributed by atoms with E-state index in [1.54, 1.807) is 67.6 Å². The van der Waals surface area contributed by atoms with Gasteiger partial charge in [0.25, 0.3) is 11.8 Å². The molecule has 0 unspecified atom stereocenters. The molecule has 0 atom stereocenters. The third kappa shape index (κ3) is 5.59. The van der Waals surface area contributed by atoms with Crippen molar-refractivity contribution < 1.29 is 23.9 Å². The summed E-state index contributed by atoms with van der Waals surface area (Å²) in [7, 11) is 1.49. The SMILES string of the molecule is C=CCc1cc(/C=C2\C(=O)NC(=O)N(c3ccccc3C)C2=O)cc(OC)c1OCc1ccc(Cl)c(Cl)c1. The van der Waals surface area contributed by atoms with Gasteiger partial charge in [-0.2, -0.15) is 0 Å². The van der Waals surface area contributed by atoms with Crippen LogP contribution in [0.4, 0.5) is 10.5 Å². The number of carbonyl (C=O) groups excluding carboxylic acids is 3. The van der Waals surface area contributed by atoms with Crippen LogP contribution in [0, 0.1) is 6.92 Å². The van der Waals surface area contributed by atoms with Gasteiger partial charge in [-0.15, -0.1) is 6.58 Å². The first-order valence-electron chi connectivity index (χ1n) is 11.6. The van der Waals surface area contributed by atoms with Gasteiger partial charge in [-0.05, 0) is 66.4 Å². The van der Waals surface area contributed by atoms with E-state index >= 15 is 0 Å². The summed E-state index contributed by atoms with van der Waals surface area (Å²) < 4.78 is 11.7. The highest BCUT2D eigenvalue weighted by Crippen LogP contribution is 2.36. The maximum atomic E-state index is 13.3. The Hall–Kier alpha value is -4.07. The molecule has 0 aliphatic carbocycles. The Kier molecular flexibility index (Phi) is 8.20. The number of rotatable bonds is 8. The van der Waals surface area contributed by atoms with Crippen molar-refractivity contribution in [2.24, 2.45) is 0 Å². The van der Waals surface area contributed by atoms with Crippen molar-refractivity contribution in [1.82, 2.24) is 5.32 Å². The standard InChI is InChI=1S/C29H24Cl2N2O5/c1-4-7-20-12-19(15-25(37-3)26(20)38-16-18-10-11-22(30)23(31)14-18)13-21-27(34)32-29(36)33(28(21)35)24-9-6-5-8-17(24)2/h4-6,8-15H,1,7,16H2,2-3H3,(H,32,34,36)/b21-13+. The number of hydrogen-bond donors (Lipinski definition) is 1. The fourth-order valence-electron chi connectivity index (χ4n) is 4.03. The highest BCUT2D eigenvalue weighted by Gasteiger charge is 2.37. The van der Waals surface area contributed by atoms with Crippen molar-refractivity contribution in [3.05, 3.63) is 105 Å². The summed E-state index contributed by atoms with van der Waals surface area (Å²) in [6.45, 7) is 5.79. The number of hydrogen-bond acceptors (Lipinski definition) is 5. The number of amides is 4. The Balaban J connectivity index is 1.70. The van der Waals surface area contributed by atoms with E-state index in [1.165, 1.54) is 13.2 Å². The second-order valence-electron chi connectivity index (χ2n) is 8.49. The predicted molar refractivity (Wildman–Crippen MR) is 148 cm³/mol. The van der Waals surface area contributed by atoms with E-state index < -0.39 is 17.8 Å². The number of benzene rings is 3. The number of aryl methyl sites for hydroxylation is 1. The maximum Gasteiger partial charge on any atom is 0.335 e. The summed E-state index contributed by atoms with van der Waals surface area (Å²) in [6.07, 6.45) is 3.56. The summed E-state index contributed by atoms with van der Waals surface area (Å²) in [6, 6.07) is 14.8. The summed E-state index contributed by atoms with van der Waals surface area (Å²) in [4.78, 5) is 39.5. The predicted octanol–water partition coefficient (Wildman–Crippen LogP) is 6.28. The first-order valence-corrected chi connectivity index (χ1v) is 12.3. The fraction of sp³-hybridized carbons (Fsp3) is 0.138. The number of para-hydroxylation sites is 1. The van der Waals surface area contributed by atoms with E-state index in [4.69, 9.17) is 32.7 Å². The van der Waals surface area contributed by atoms with Gasteiger partial charge in [0.05, 0.1) is 22.8 Å². The van der Waals surface area contributed by atoms with E-state index in [9.17, 15) is 14.4 Å². The summed E-state index contributed by atoms with van der Waals surface area (Å²) >= 11 is 12.1. The van der Waals surface area contributed by atoms with Crippen LogP contribution in [0.5, 0.6) is 11.5 Å². The van der Waals surface area contributed by atoms with Crippen LogP contribution in [0.15, 0.2) is 72.8 Å². The van der Waals surface area contributed by atoms with Gasteiger partial charge >= 0.3 is 6.03 Å². The number of halogens is 2. The van der Waals surface area contributed by atoms with E-state index in [0.29, 0.717) is 44.8 Å². The third-order valence-corrected chi connectivity index (χ3v) is 6.61. The quantitative estimate of drug-likeness (QED) is 0.202. The van der Waals surface area contributed by atoms with Crippen LogP contribution < -0.4 is 19.7 Å². The molecule has 4 amide bonds. The van der Waals surface area contributed by atoms with E-state index in [2.05, 4.69) is 11.9 Å². The number of carbonyl (C=O) groups is 3. The van der Waals surface area contributed by atoms with Crippen LogP contribution in [-0.4, -0.2) is 25.0 Å². The summed E-state index contributed by atoms with van der Waals surface area (Å²) in [5, 5.41) is 3.11. The van der Waals surface area contributed by atoms with E-state index in [-0.39, 0.29) is 12.2 Å². The molecule has 0 radical (unpaired) electrons. The number of ether oxygens (including phenoxy) is 2. The van der Waals surface area contributed by atoms with Gasteiger partial charge in [0, 0.05) is 5.56 Å². The van der Waals surface area contributed by atoms with Gasteiger partial charge in [0.1, 0.15) is 12.2 Å². The molecular weight excluding hydrogens is 527 g/mol. The number of imide groups is 2. The molecule has 4 rings (SSSR count). The van der Waals surface area contributed by atoms with Gasteiger partial charge in [-0.3, -0.25) is 14.9 Å². The lowest BCUT2D eigenvalue weighted by Gasteiger charge is -2.27. The normalized spacial score (nSPS) is 14.5. The molecule has 3 aromatic rings. The summed E-state index contributed by atoms with van der Waals surface area (Å²) in [5.41, 5.74) is 2.96. The second-order valence-corrected chi connectivity index (χ2v) is 9.30. The van der Waals surface area contributed by atoms with Gasteiger partial charge in [0.2, 0.25) is 0 Å². The molecule has 0 saturated carbocycles. The van der Waals surface area contributed by atoms with Crippen molar-refractivity contribution in [3.8, 4) is 11.5 Å². The molecular formula is C29H24Cl2N2O5. The third-order valence-electron chi connectivity index (χ3n) is 5.87. The molecule has 1 N–H and O–H groups in total. The van der Waals surface area contributed by atoms with Crippen molar-refractivity contribution >= 4 is 52.8 Å². The van der Waals surface area contributed by atoms with Gasteiger partial charge in [-0.25, -0.2) is 9.69 Å². The van der Waals surface area contributed by atoms with Crippen LogP contribution in [-0.2, 0) is 22.6 Å². The highest BCUT2D eigenvalue weighted by atomic mass is 35.5. The van der Waals surface area contributed by atoms with Gasteiger partial charge in [-0.1, -0.05) is 53.5 Å². The molecule has 0 bridgehead atoms. The van der Waals surface area contributed by atoms with E-state index in [0.717, 1.165) is 16.0 Å². The molecule has 38 heavy (non-hydrogen) atoms. The second kappa shape index (κ2) is 11.5. The van der Waals surface area contributed by atoms with Crippen LogP contribution in [0.25, 0.3) is 6.08 Å². The van der Waals surface area contributed by atoms with Crippen molar-refractivity contribution in [2.75, 3.05) is 12.0 Å². The summed E-state index contributed by atoms with van der Waals surface area (Å²) in [5.74, 6) is -0.630. The Bertz CT molecular complexity index is 1480. The monoisotopic (exact) mass is 550 g/mol. The van der Waals surface area contributed by atoms with Gasteiger partial charge in [0.15, 0.2) is 11.5 Å². The Morgan fingerprint density at radius 2 is 1.79 bits per heavy atom. The van der Waals surface area contributed by atoms with E-state index in [1.807, 2.05) is 0 Å². The average Bonchev–Trinajstić information content (AvgIpc) is 2.88. The largest absolute Gasteiger partial charge is 0.493 e. The van der Waals surface area contributed by atoms with Crippen LogP contribution >= 0.6 is 23.2 Å². The minimum absolute atomic E-state index is 0.191. The number of barbiturate groups is 1. The first kappa shape index (κ1) is 27.0. The minimum Gasteiger partial charge on any atom is -0.493 e. The smallest absolute Gasteiger partial charge is 0.335 e. The molecule has 1 saturated heterocycles.